The molecule has 2 aromatic rings. The largest absolute Gasteiger partial charge is 0.493 e. The molecule has 8 heteroatoms. The van der Waals surface area contributed by atoms with Gasteiger partial charge in [0.2, 0.25) is 11.7 Å². The lowest BCUT2D eigenvalue weighted by Gasteiger charge is -2.24. The lowest BCUT2D eigenvalue weighted by molar-refractivity contribution is -0.117. The number of thiocarbonyl (C=S) groups is 1. The molecule has 31 heavy (non-hydrogen) atoms. The van der Waals surface area contributed by atoms with Crippen LogP contribution in [0, 0.1) is 5.92 Å². The first-order chi connectivity index (χ1) is 14.9. The third-order valence-corrected chi connectivity index (χ3v) is 4.62. The molecule has 2 aromatic carbocycles. The molecule has 0 aliphatic carbocycles. The van der Waals surface area contributed by atoms with Crippen LogP contribution in [0.3, 0.4) is 0 Å². The van der Waals surface area contributed by atoms with Gasteiger partial charge in [0.25, 0.3) is 0 Å². The van der Waals surface area contributed by atoms with Crippen molar-refractivity contribution in [1.82, 2.24) is 10.6 Å². The monoisotopic (exact) mass is 443 g/mol. The van der Waals surface area contributed by atoms with Gasteiger partial charge in [-0.3, -0.25) is 4.79 Å². The fraction of sp³-hybridized carbons (Fsp3) is 0.304. The Morgan fingerprint density at radius 2 is 1.58 bits per heavy atom. The quantitative estimate of drug-likeness (QED) is 0.309. The van der Waals surface area contributed by atoms with Crippen molar-refractivity contribution < 1.29 is 19.0 Å². The van der Waals surface area contributed by atoms with E-state index in [9.17, 15) is 4.79 Å². The van der Waals surface area contributed by atoms with Crippen LogP contribution in [0.15, 0.2) is 48.5 Å². The van der Waals surface area contributed by atoms with E-state index < -0.39 is 0 Å². The van der Waals surface area contributed by atoms with E-state index in [0.717, 1.165) is 11.3 Å². The van der Waals surface area contributed by atoms with E-state index in [2.05, 4.69) is 16.0 Å². The number of methoxy groups -OCH3 is 3. The predicted octanol–water partition coefficient (Wildman–Crippen LogP) is 3.81. The molecule has 0 aliphatic rings. The van der Waals surface area contributed by atoms with Gasteiger partial charge in [0.1, 0.15) is 6.17 Å². The van der Waals surface area contributed by atoms with Crippen molar-refractivity contribution in [2.45, 2.75) is 20.0 Å². The second kappa shape index (κ2) is 11.8. The molecule has 1 unspecified atom stereocenters. The Bertz CT molecular complexity index is 891. The smallest absolute Gasteiger partial charge is 0.245 e. The van der Waals surface area contributed by atoms with Crippen LogP contribution in [0.5, 0.6) is 17.2 Å². The molecule has 2 rings (SSSR count). The third kappa shape index (κ3) is 7.18. The summed E-state index contributed by atoms with van der Waals surface area (Å²) in [6.07, 6.45) is 2.78. The maximum atomic E-state index is 12.5. The predicted molar refractivity (Wildman–Crippen MR) is 128 cm³/mol. The molecule has 7 nitrogen and oxygen atoms in total. The highest BCUT2D eigenvalue weighted by Gasteiger charge is 2.16. The molecule has 166 valence electrons. The first-order valence-electron chi connectivity index (χ1n) is 9.79. The molecular formula is C23H29N3O4S. The van der Waals surface area contributed by atoms with Crippen molar-refractivity contribution in [1.29, 1.82) is 0 Å². The number of carbonyl (C=O) groups is 1. The summed E-state index contributed by atoms with van der Waals surface area (Å²) < 4.78 is 16.0. The van der Waals surface area contributed by atoms with Gasteiger partial charge in [-0.15, -0.1) is 0 Å². The van der Waals surface area contributed by atoms with Crippen LogP contribution >= 0.6 is 12.2 Å². The van der Waals surface area contributed by atoms with Crippen LogP contribution in [-0.4, -0.2) is 38.5 Å². The zero-order valence-electron chi connectivity index (χ0n) is 18.4. The Kier molecular flexibility index (Phi) is 9.14. The number of anilines is 1. The Morgan fingerprint density at radius 1 is 0.968 bits per heavy atom. The average molecular weight is 444 g/mol. The SMILES string of the molecule is COc1cc(/C=C/C(=O)NC(NC(=S)Nc2ccccc2)C(C)C)cc(OC)c1OC. The standard InChI is InChI=1S/C23H29N3O4S/c1-15(2)22(26-23(31)24-17-9-7-6-8-10-17)25-20(27)12-11-16-13-18(28-3)21(30-5)19(14-16)29-4/h6-15,22H,1-5H3,(H,25,27)(H2,24,26,31)/b12-11+. The van der Waals surface area contributed by atoms with Crippen LogP contribution in [0.2, 0.25) is 0 Å². The van der Waals surface area contributed by atoms with Crippen LogP contribution in [0.4, 0.5) is 5.69 Å². The number of ether oxygens (including phenoxy) is 3. The molecule has 3 N–H and O–H groups in total. The number of nitrogens with one attached hydrogen (secondary N) is 3. The van der Waals surface area contributed by atoms with Gasteiger partial charge in [0.05, 0.1) is 21.3 Å². The Morgan fingerprint density at radius 3 is 2.10 bits per heavy atom. The Hall–Kier alpha value is -3.26. The van der Waals surface area contributed by atoms with Crippen LogP contribution in [-0.2, 0) is 4.79 Å². The molecule has 0 aliphatic heterocycles. The van der Waals surface area contributed by atoms with Gasteiger partial charge >= 0.3 is 0 Å². The molecule has 0 fully saturated rings. The minimum absolute atomic E-state index is 0.106. The average Bonchev–Trinajstić information content (AvgIpc) is 2.76. The van der Waals surface area contributed by atoms with Gasteiger partial charge in [-0.2, -0.15) is 0 Å². The summed E-state index contributed by atoms with van der Waals surface area (Å²) in [5.41, 5.74) is 1.61. The Labute approximate surface area is 188 Å². The number of amides is 1. The summed E-state index contributed by atoms with van der Waals surface area (Å²) in [6.45, 7) is 3.98. The lowest BCUT2D eigenvalue weighted by atomic mass is 10.1. The van der Waals surface area contributed by atoms with Crippen molar-refractivity contribution in [2.24, 2.45) is 5.92 Å². The summed E-state index contributed by atoms with van der Waals surface area (Å²) in [5, 5.41) is 9.61. The van der Waals surface area contributed by atoms with Crippen molar-refractivity contribution in [3.8, 4) is 17.2 Å². The van der Waals surface area contributed by atoms with Crippen LogP contribution in [0.25, 0.3) is 6.08 Å². The number of rotatable bonds is 9. The van der Waals surface area contributed by atoms with Gasteiger partial charge in [-0.1, -0.05) is 32.0 Å². The lowest BCUT2D eigenvalue weighted by Crippen LogP contribution is -2.51. The second-order valence-corrected chi connectivity index (χ2v) is 7.40. The van der Waals surface area contributed by atoms with Gasteiger partial charge in [-0.25, -0.2) is 0 Å². The molecule has 0 saturated heterocycles. The third-order valence-electron chi connectivity index (χ3n) is 4.40. The van der Waals surface area contributed by atoms with E-state index in [1.165, 1.54) is 6.08 Å². The molecule has 0 aromatic heterocycles. The molecule has 1 atom stereocenters. The van der Waals surface area contributed by atoms with Crippen LogP contribution < -0.4 is 30.2 Å². The van der Waals surface area contributed by atoms with Gasteiger partial charge in [0.15, 0.2) is 16.6 Å². The summed E-state index contributed by atoms with van der Waals surface area (Å²) in [5.74, 6) is 1.37. The second-order valence-electron chi connectivity index (χ2n) is 6.99. The van der Waals surface area contributed by atoms with Gasteiger partial charge < -0.3 is 30.2 Å². The van der Waals surface area contributed by atoms with Gasteiger partial charge in [-0.05, 0) is 54.0 Å². The summed E-state index contributed by atoms with van der Waals surface area (Å²) in [6, 6.07) is 13.1. The zero-order chi connectivity index (χ0) is 22.8. The summed E-state index contributed by atoms with van der Waals surface area (Å²) in [7, 11) is 4.63. The highest BCUT2D eigenvalue weighted by Crippen LogP contribution is 2.38. The van der Waals surface area contributed by atoms with Crippen molar-refractivity contribution in [3.05, 3.63) is 54.1 Å². The molecule has 0 saturated carbocycles. The normalized spacial score (nSPS) is 11.7. The highest BCUT2D eigenvalue weighted by molar-refractivity contribution is 7.80. The fourth-order valence-corrected chi connectivity index (χ4v) is 3.02. The number of hydrogen-bond acceptors (Lipinski definition) is 5. The minimum atomic E-state index is -0.346. The van der Waals surface area contributed by atoms with E-state index in [4.69, 9.17) is 26.4 Å². The van der Waals surface area contributed by atoms with Gasteiger partial charge in [0, 0.05) is 11.8 Å². The number of para-hydroxylation sites is 1. The maximum Gasteiger partial charge on any atom is 0.245 e. The van der Waals surface area contributed by atoms with E-state index in [-0.39, 0.29) is 18.0 Å². The molecule has 1 amide bonds. The maximum absolute atomic E-state index is 12.5. The summed E-state index contributed by atoms with van der Waals surface area (Å²) >= 11 is 5.37. The highest BCUT2D eigenvalue weighted by atomic mass is 32.1. The number of carbonyl (C=O) groups excluding carboxylic acids is 1. The molecular weight excluding hydrogens is 414 g/mol. The Balaban J connectivity index is 2.04. The first kappa shape index (κ1) is 24.0. The van der Waals surface area contributed by atoms with E-state index in [1.807, 2.05) is 44.2 Å². The first-order valence-corrected chi connectivity index (χ1v) is 10.2. The molecule has 0 spiro atoms. The summed E-state index contributed by atoms with van der Waals surface area (Å²) in [4.78, 5) is 12.5. The minimum Gasteiger partial charge on any atom is -0.493 e. The van der Waals surface area contributed by atoms with E-state index in [0.29, 0.717) is 22.4 Å². The molecule has 0 radical (unpaired) electrons. The zero-order valence-corrected chi connectivity index (χ0v) is 19.2. The van der Waals surface area contributed by atoms with Crippen molar-refractivity contribution in [3.63, 3.8) is 0 Å². The molecule has 0 bridgehead atoms. The number of hydrogen-bond donors (Lipinski definition) is 3. The van der Waals surface area contributed by atoms with Crippen molar-refractivity contribution in [2.75, 3.05) is 26.6 Å². The molecule has 0 heterocycles. The number of benzene rings is 2. The van der Waals surface area contributed by atoms with Crippen molar-refractivity contribution >= 4 is 35.0 Å². The van der Waals surface area contributed by atoms with E-state index in [1.54, 1.807) is 39.5 Å². The van der Waals surface area contributed by atoms with Crippen LogP contribution in [0.1, 0.15) is 19.4 Å². The van der Waals surface area contributed by atoms with E-state index >= 15 is 0 Å². The topological polar surface area (TPSA) is 80.9 Å². The fourth-order valence-electron chi connectivity index (χ4n) is 2.77.